The van der Waals surface area contributed by atoms with Crippen LogP contribution in [-0.4, -0.2) is 15.7 Å². The number of fused-ring (bicyclic) bond motifs is 1. The molecule has 0 radical (unpaired) electrons. The largest absolute Gasteiger partial charge is 0.350 e. The van der Waals surface area contributed by atoms with Crippen molar-refractivity contribution in [1.82, 2.24) is 15.1 Å². The first-order valence-electron chi connectivity index (χ1n) is 7.69. The Hall–Kier alpha value is -1.81. The molecule has 0 saturated carbocycles. The molecule has 3 rings (SSSR count). The first kappa shape index (κ1) is 15.1. The summed E-state index contributed by atoms with van der Waals surface area (Å²) in [4.78, 5) is 12.1. The van der Waals surface area contributed by atoms with Gasteiger partial charge in [-0.25, -0.2) is 0 Å². The maximum Gasteiger partial charge on any atom is 0.224 e. The van der Waals surface area contributed by atoms with E-state index in [1.165, 1.54) is 24.1 Å². The lowest BCUT2D eigenvalue weighted by Crippen LogP contribution is -2.25. The lowest BCUT2D eigenvalue weighted by molar-refractivity contribution is -0.120. The number of aromatic nitrogens is 2. The summed E-state index contributed by atoms with van der Waals surface area (Å²) in [6.45, 7) is 0.493. The number of carbonyl (C=O) groups excluding carboxylic acids is 1. The average Bonchev–Trinajstić information content (AvgIpc) is 2.85. The summed E-state index contributed by atoms with van der Waals surface area (Å²) in [5.41, 5.74) is 4.50. The molecule has 5 heteroatoms. The van der Waals surface area contributed by atoms with Crippen LogP contribution >= 0.6 is 11.6 Å². The minimum atomic E-state index is -0.0247. The van der Waals surface area contributed by atoms with Gasteiger partial charge in [-0.15, -0.1) is 0 Å². The summed E-state index contributed by atoms with van der Waals surface area (Å²) in [6, 6.07) is 7.44. The number of hydrogen-bond acceptors (Lipinski definition) is 2. The van der Waals surface area contributed by atoms with Crippen molar-refractivity contribution in [3.63, 3.8) is 0 Å². The SMILES string of the molecule is Cn1nc(CNC(=O)Cc2ccccc2Cl)c2c1CCCC2. The van der Waals surface area contributed by atoms with Crippen molar-refractivity contribution in [2.45, 2.75) is 38.6 Å². The van der Waals surface area contributed by atoms with E-state index >= 15 is 0 Å². The predicted molar refractivity (Wildman–Crippen MR) is 86.9 cm³/mol. The Kier molecular flexibility index (Phi) is 4.48. The molecule has 1 aromatic heterocycles. The predicted octanol–water partition coefficient (Wildman–Crippen LogP) is 2.81. The fourth-order valence-corrected chi connectivity index (χ4v) is 3.26. The molecule has 0 atom stereocenters. The number of rotatable bonds is 4. The molecule has 4 nitrogen and oxygen atoms in total. The highest BCUT2D eigenvalue weighted by Gasteiger charge is 2.19. The lowest BCUT2D eigenvalue weighted by Gasteiger charge is -2.12. The monoisotopic (exact) mass is 317 g/mol. The lowest BCUT2D eigenvalue weighted by atomic mass is 9.96. The van der Waals surface area contributed by atoms with E-state index in [1.807, 2.05) is 29.9 Å². The van der Waals surface area contributed by atoms with Crippen molar-refractivity contribution in [3.8, 4) is 0 Å². The number of carbonyl (C=O) groups is 1. The maximum atomic E-state index is 12.1. The van der Waals surface area contributed by atoms with Gasteiger partial charge >= 0.3 is 0 Å². The van der Waals surface area contributed by atoms with Crippen molar-refractivity contribution in [2.75, 3.05) is 0 Å². The van der Waals surface area contributed by atoms with Crippen LogP contribution in [0.3, 0.4) is 0 Å². The van der Waals surface area contributed by atoms with Crippen LogP contribution < -0.4 is 5.32 Å². The number of halogens is 1. The highest BCUT2D eigenvalue weighted by molar-refractivity contribution is 6.31. The molecule has 0 saturated heterocycles. The Morgan fingerprint density at radius 1 is 1.32 bits per heavy atom. The average molecular weight is 318 g/mol. The van der Waals surface area contributed by atoms with E-state index in [0.717, 1.165) is 24.1 Å². The van der Waals surface area contributed by atoms with Gasteiger partial charge in [0, 0.05) is 17.8 Å². The van der Waals surface area contributed by atoms with Crippen LogP contribution in [0.1, 0.15) is 35.4 Å². The quantitative estimate of drug-likeness (QED) is 0.942. The first-order valence-corrected chi connectivity index (χ1v) is 8.06. The van der Waals surface area contributed by atoms with Gasteiger partial charge in [0.2, 0.25) is 5.91 Å². The number of hydrogen-bond donors (Lipinski definition) is 1. The van der Waals surface area contributed by atoms with Crippen molar-refractivity contribution >= 4 is 17.5 Å². The Bertz CT molecular complexity index is 693. The van der Waals surface area contributed by atoms with Crippen LogP contribution in [0, 0.1) is 0 Å². The third kappa shape index (κ3) is 3.17. The number of amides is 1. The van der Waals surface area contributed by atoms with Gasteiger partial charge in [0.05, 0.1) is 18.7 Å². The highest BCUT2D eigenvalue weighted by Crippen LogP contribution is 2.23. The van der Waals surface area contributed by atoms with Gasteiger partial charge in [0.25, 0.3) is 0 Å². The van der Waals surface area contributed by atoms with Gasteiger partial charge in [0.15, 0.2) is 0 Å². The van der Waals surface area contributed by atoms with Crippen molar-refractivity contribution in [3.05, 3.63) is 51.8 Å². The molecule has 0 bridgehead atoms. The summed E-state index contributed by atoms with van der Waals surface area (Å²) in [5, 5.41) is 8.16. The van der Waals surface area contributed by atoms with E-state index in [9.17, 15) is 4.79 Å². The third-order valence-corrected chi connectivity index (χ3v) is 4.58. The van der Waals surface area contributed by atoms with Crippen molar-refractivity contribution in [1.29, 1.82) is 0 Å². The molecule has 0 spiro atoms. The summed E-state index contributed by atoms with van der Waals surface area (Å²) in [6.07, 6.45) is 4.89. The van der Waals surface area contributed by atoms with E-state index in [2.05, 4.69) is 10.4 Å². The zero-order valence-corrected chi connectivity index (χ0v) is 13.5. The second-order valence-corrected chi connectivity index (χ2v) is 6.15. The van der Waals surface area contributed by atoms with E-state index in [-0.39, 0.29) is 5.91 Å². The molecule has 22 heavy (non-hydrogen) atoms. The number of nitrogens with one attached hydrogen (secondary N) is 1. The molecule has 0 fully saturated rings. The van der Waals surface area contributed by atoms with Crippen LogP contribution in [0.15, 0.2) is 24.3 Å². The summed E-state index contributed by atoms with van der Waals surface area (Å²) >= 11 is 6.09. The molecule has 1 N–H and O–H groups in total. The minimum Gasteiger partial charge on any atom is -0.350 e. The Labute approximate surface area is 135 Å². The van der Waals surface area contributed by atoms with Crippen LogP contribution in [0.5, 0.6) is 0 Å². The molecule has 2 aromatic rings. The molecule has 1 heterocycles. The maximum absolute atomic E-state index is 12.1. The Balaban J connectivity index is 1.63. The third-order valence-electron chi connectivity index (χ3n) is 4.21. The molecule has 1 amide bonds. The molecule has 116 valence electrons. The van der Waals surface area contributed by atoms with Gasteiger partial charge < -0.3 is 5.32 Å². The zero-order chi connectivity index (χ0) is 15.5. The molecule has 1 aliphatic rings. The van der Waals surface area contributed by atoms with Gasteiger partial charge in [-0.2, -0.15) is 5.10 Å². The van der Waals surface area contributed by atoms with E-state index in [1.54, 1.807) is 6.07 Å². The molecule has 0 unspecified atom stereocenters. The van der Waals surface area contributed by atoms with E-state index < -0.39 is 0 Å². The smallest absolute Gasteiger partial charge is 0.224 e. The molecule has 0 aliphatic heterocycles. The van der Waals surface area contributed by atoms with E-state index in [4.69, 9.17) is 11.6 Å². The Morgan fingerprint density at radius 2 is 2.09 bits per heavy atom. The molecule has 1 aromatic carbocycles. The molecular weight excluding hydrogens is 298 g/mol. The second kappa shape index (κ2) is 6.53. The standard InChI is InChI=1S/C17H20ClN3O/c1-21-16-9-5-3-7-13(16)15(20-21)11-19-17(22)10-12-6-2-4-8-14(12)18/h2,4,6,8H,3,5,7,9-11H2,1H3,(H,19,22). The normalized spacial score (nSPS) is 13.7. The number of nitrogens with zero attached hydrogens (tertiary/aromatic N) is 2. The summed E-state index contributed by atoms with van der Waals surface area (Å²) in [5.74, 6) is -0.0247. The minimum absolute atomic E-state index is 0.0247. The van der Waals surface area contributed by atoms with Crippen LogP contribution in [-0.2, 0) is 37.6 Å². The van der Waals surface area contributed by atoms with Crippen LogP contribution in [0.2, 0.25) is 5.02 Å². The van der Waals surface area contributed by atoms with E-state index in [0.29, 0.717) is 18.0 Å². The van der Waals surface area contributed by atoms with Crippen molar-refractivity contribution in [2.24, 2.45) is 7.05 Å². The number of benzene rings is 1. The van der Waals surface area contributed by atoms with Gasteiger partial charge in [0.1, 0.15) is 0 Å². The molecule has 1 aliphatic carbocycles. The highest BCUT2D eigenvalue weighted by atomic mass is 35.5. The van der Waals surface area contributed by atoms with Gasteiger partial charge in [-0.3, -0.25) is 9.48 Å². The molecular formula is C17H20ClN3O. The second-order valence-electron chi connectivity index (χ2n) is 5.75. The zero-order valence-electron chi connectivity index (χ0n) is 12.7. The van der Waals surface area contributed by atoms with Crippen molar-refractivity contribution < 1.29 is 4.79 Å². The fourth-order valence-electron chi connectivity index (χ4n) is 3.06. The van der Waals surface area contributed by atoms with Crippen LogP contribution in [0.25, 0.3) is 0 Å². The summed E-state index contributed by atoms with van der Waals surface area (Å²) in [7, 11) is 1.99. The summed E-state index contributed by atoms with van der Waals surface area (Å²) < 4.78 is 1.96. The van der Waals surface area contributed by atoms with Crippen LogP contribution in [0.4, 0.5) is 0 Å². The fraction of sp³-hybridized carbons (Fsp3) is 0.412. The number of aryl methyl sites for hydroxylation is 1. The Morgan fingerprint density at radius 3 is 2.91 bits per heavy atom. The van der Waals surface area contributed by atoms with Gasteiger partial charge in [-0.05, 0) is 42.9 Å². The first-order chi connectivity index (χ1) is 10.6. The van der Waals surface area contributed by atoms with Gasteiger partial charge in [-0.1, -0.05) is 29.8 Å². The topological polar surface area (TPSA) is 46.9 Å².